The minimum absolute atomic E-state index is 0.0537. The van der Waals surface area contributed by atoms with Crippen molar-refractivity contribution in [2.45, 2.75) is 112 Å². The number of allylic oxidation sites excluding steroid dienone is 3. The maximum atomic E-state index is 12.8. The number of rotatable bonds is 10. The number of aliphatic hydroxyl groups is 1. The number of hydrogen-bond acceptors (Lipinski definition) is 4. The molecule has 1 aromatic rings. The van der Waals surface area contributed by atoms with Crippen molar-refractivity contribution in [2.24, 2.45) is 52.3 Å². The Bertz CT molecular complexity index is 1260. The molecule has 0 spiro atoms. The summed E-state index contributed by atoms with van der Waals surface area (Å²) in [6, 6.07) is 5.53. The van der Waals surface area contributed by atoms with Gasteiger partial charge in [-0.25, -0.2) is 4.79 Å². The van der Waals surface area contributed by atoms with Crippen LogP contribution in [0.25, 0.3) is 6.08 Å². The molecular weight excluding hydrogens is 544 g/mol. The fraction of sp³-hybridized carbons (Fsp3) is 0.675. The van der Waals surface area contributed by atoms with E-state index >= 15 is 0 Å². The van der Waals surface area contributed by atoms with Gasteiger partial charge in [-0.3, -0.25) is 0 Å². The van der Waals surface area contributed by atoms with E-state index in [4.69, 9.17) is 9.47 Å². The molecule has 9 atom stereocenters. The molecule has 5 rings (SSSR count). The van der Waals surface area contributed by atoms with Crippen molar-refractivity contribution in [3.8, 4) is 5.75 Å². The number of esters is 1. The molecule has 0 heterocycles. The van der Waals surface area contributed by atoms with Crippen LogP contribution in [0.2, 0.25) is 0 Å². The number of fused-ring (bicyclic) bond motifs is 5. The highest BCUT2D eigenvalue weighted by Crippen LogP contribution is 2.67. The molecule has 1 N–H and O–H groups in total. The first-order valence-corrected chi connectivity index (χ1v) is 17.6. The molecule has 0 radical (unpaired) electrons. The van der Waals surface area contributed by atoms with E-state index in [2.05, 4.69) is 59.8 Å². The number of carbonyl (C=O) groups excluding carboxylic acids is 1. The van der Waals surface area contributed by atoms with Gasteiger partial charge in [-0.1, -0.05) is 71.4 Å². The molecular formula is C40H58O4. The van der Waals surface area contributed by atoms with E-state index < -0.39 is 0 Å². The topological polar surface area (TPSA) is 55.8 Å². The van der Waals surface area contributed by atoms with E-state index in [0.717, 1.165) is 48.5 Å². The van der Waals surface area contributed by atoms with Crippen LogP contribution in [0.15, 0.2) is 48.1 Å². The van der Waals surface area contributed by atoms with E-state index in [1.165, 1.54) is 44.6 Å². The lowest BCUT2D eigenvalue weighted by Gasteiger charge is -2.58. The lowest BCUT2D eigenvalue weighted by atomic mass is 9.47. The van der Waals surface area contributed by atoms with Crippen molar-refractivity contribution in [1.82, 2.24) is 0 Å². The fourth-order valence-corrected chi connectivity index (χ4v) is 10.3. The van der Waals surface area contributed by atoms with Gasteiger partial charge in [-0.2, -0.15) is 0 Å². The number of hydrogen-bond donors (Lipinski definition) is 1. The van der Waals surface area contributed by atoms with Crippen molar-refractivity contribution in [1.29, 1.82) is 0 Å². The molecule has 4 nitrogen and oxygen atoms in total. The summed E-state index contributed by atoms with van der Waals surface area (Å²) in [7, 11) is 1.59. The summed E-state index contributed by atoms with van der Waals surface area (Å²) in [5, 5.41) is 9.60. The summed E-state index contributed by atoms with van der Waals surface area (Å²) < 4.78 is 11.3. The van der Waals surface area contributed by atoms with Crippen LogP contribution in [-0.4, -0.2) is 24.3 Å². The molecule has 1 aromatic carbocycles. The Balaban J connectivity index is 1.22. The van der Waals surface area contributed by atoms with E-state index in [9.17, 15) is 9.90 Å². The molecule has 0 amide bonds. The summed E-state index contributed by atoms with van der Waals surface area (Å²) in [6.45, 7) is 14.6. The predicted octanol–water partition coefficient (Wildman–Crippen LogP) is 9.57. The van der Waals surface area contributed by atoms with E-state index in [-0.39, 0.29) is 24.1 Å². The Morgan fingerprint density at radius 3 is 2.57 bits per heavy atom. The summed E-state index contributed by atoms with van der Waals surface area (Å²) in [5.41, 5.74) is 3.78. The monoisotopic (exact) mass is 602 g/mol. The molecule has 9 unspecified atom stereocenters. The fourth-order valence-electron chi connectivity index (χ4n) is 10.3. The molecule has 44 heavy (non-hydrogen) atoms. The van der Waals surface area contributed by atoms with E-state index in [1.54, 1.807) is 18.8 Å². The smallest absolute Gasteiger partial charge is 0.331 e. The number of benzene rings is 1. The average molecular weight is 603 g/mol. The second kappa shape index (κ2) is 13.6. The summed E-state index contributed by atoms with van der Waals surface area (Å²) in [6.07, 6.45) is 21.7. The third-order valence-corrected chi connectivity index (χ3v) is 12.9. The number of carbonyl (C=O) groups is 1. The van der Waals surface area contributed by atoms with E-state index in [0.29, 0.717) is 34.5 Å². The Hall–Kier alpha value is -2.33. The first-order chi connectivity index (χ1) is 21.0. The first-order valence-electron chi connectivity index (χ1n) is 17.6. The molecule has 0 aliphatic heterocycles. The molecule has 0 bridgehead atoms. The third-order valence-electron chi connectivity index (χ3n) is 12.9. The molecule has 0 aromatic heterocycles. The van der Waals surface area contributed by atoms with Crippen LogP contribution in [0, 0.1) is 52.3 Å². The lowest BCUT2D eigenvalue weighted by molar-refractivity contribution is -0.145. The number of methoxy groups -OCH3 is 1. The van der Waals surface area contributed by atoms with Gasteiger partial charge < -0.3 is 14.6 Å². The van der Waals surface area contributed by atoms with Crippen LogP contribution in [0.3, 0.4) is 0 Å². The van der Waals surface area contributed by atoms with Crippen molar-refractivity contribution in [3.05, 3.63) is 59.2 Å². The average Bonchev–Trinajstić information content (AvgIpc) is 3.37. The summed E-state index contributed by atoms with van der Waals surface area (Å²) in [4.78, 5) is 12.8. The SMILES string of the molecule is CCC(/C=C/C(C)C1CCC2C3CC=C4CC(OC(=O)/C=C/c5ccc(OC)c(CO)c5)CCC4(C)C3CCC12C)C(C)C. The lowest BCUT2D eigenvalue weighted by Crippen LogP contribution is -2.51. The van der Waals surface area contributed by atoms with Crippen LogP contribution in [-0.2, 0) is 16.1 Å². The zero-order chi connectivity index (χ0) is 31.6. The normalized spacial score (nSPS) is 34.8. The van der Waals surface area contributed by atoms with Crippen molar-refractivity contribution in [3.63, 3.8) is 0 Å². The standard InChI is InChI=1S/C40H58O4/c1-8-29(26(2)3)12-9-27(4)34-15-16-35-33-14-13-31-24-32(19-21-39(31,5)36(33)20-22-40(34,35)6)44-38(42)18-11-28-10-17-37(43-7)30(23-28)25-41/h9-13,17-18,23,26-27,29,32-36,41H,8,14-16,19-22,24-25H2,1-7H3/b12-9+,18-11+. The van der Waals surface area contributed by atoms with Crippen LogP contribution < -0.4 is 4.74 Å². The Morgan fingerprint density at radius 1 is 1.07 bits per heavy atom. The van der Waals surface area contributed by atoms with Gasteiger partial charge in [0.15, 0.2) is 0 Å². The van der Waals surface area contributed by atoms with Crippen LogP contribution in [0.5, 0.6) is 5.75 Å². The van der Waals surface area contributed by atoms with E-state index in [1.807, 2.05) is 18.2 Å². The van der Waals surface area contributed by atoms with Crippen molar-refractivity contribution in [2.75, 3.05) is 7.11 Å². The number of ether oxygens (including phenoxy) is 2. The van der Waals surface area contributed by atoms with Crippen LogP contribution in [0.1, 0.15) is 110 Å². The van der Waals surface area contributed by atoms with Gasteiger partial charge in [0.25, 0.3) is 0 Å². The summed E-state index contributed by atoms with van der Waals surface area (Å²) in [5.74, 6) is 5.58. The van der Waals surface area contributed by atoms with Crippen LogP contribution >= 0.6 is 0 Å². The third kappa shape index (κ3) is 6.35. The van der Waals surface area contributed by atoms with Gasteiger partial charge in [0, 0.05) is 18.1 Å². The second-order valence-corrected chi connectivity index (χ2v) is 15.4. The maximum absolute atomic E-state index is 12.8. The molecule has 4 aliphatic carbocycles. The maximum Gasteiger partial charge on any atom is 0.331 e. The Kier molecular flexibility index (Phi) is 10.2. The largest absolute Gasteiger partial charge is 0.496 e. The molecule has 4 heteroatoms. The van der Waals surface area contributed by atoms with Gasteiger partial charge in [0.2, 0.25) is 0 Å². The Morgan fingerprint density at radius 2 is 1.86 bits per heavy atom. The molecule has 242 valence electrons. The van der Waals surface area contributed by atoms with Crippen molar-refractivity contribution >= 4 is 12.0 Å². The van der Waals surface area contributed by atoms with Crippen molar-refractivity contribution < 1.29 is 19.4 Å². The zero-order valence-electron chi connectivity index (χ0n) is 28.5. The molecule has 4 aliphatic rings. The second-order valence-electron chi connectivity index (χ2n) is 15.4. The molecule has 3 saturated carbocycles. The Labute approximate surface area is 267 Å². The summed E-state index contributed by atoms with van der Waals surface area (Å²) >= 11 is 0. The minimum atomic E-state index is -0.290. The van der Waals surface area contributed by atoms with Gasteiger partial charge >= 0.3 is 5.97 Å². The van der Waals surface area contributed by atoms with Gasteiger partial charge in [0.1, 0.15) is 11.9 Å². The molecule has 0 saturated heterocycles. The van der Waals surface area contributed by atoms with Crippen LogP contribution in [0.4, 0.5) is 0 Å². The highest BCUT2D eigenvalue weighted by atomic mass is 16.5. The zero-order valence-corrected chi connectivity index (χ0v) is 28.5. The van der Waals surface area contributed by atoms with Gasteiger partial charge in [-0.05, 0) is 127 Å². The molecule has 3 fully saturated rings. The first kappa shape index (κ1) is 33.0. The van der Waals surface area contributed by atoms with Gasteiger partial charge in [0.05, 0.1) is 13.7 Å². The highest BCUT2D eigenvalue weighted by Gasteiger charge is 2.59. The predicted molar refractivity (Wildman–Crippen MR) is 180 cm³/mol. The highest BCUT2D eigenvalue weighted by molar-refractivity contribution is 5.87. The number of aliphatic hydroxyl groups excluding tert-OH is 1. The van der Waals surface area contributed by atoms with Gasteiger partial charge in [-0.15, -0.1) is 0 Å². The quantitative estimate of drug-likeness (QED) is 0.165. The minimum Gasteiger partial charge on any atom is -0.496 e.